The van der Waals surface area contributed by atoms with Gasteiger partial charge in [-0.25, -0.2) is 0 Å². The molecule has 1 aliphatic rings. The zero-order valence-corrected chi connectivity index (χ0v) is 14.1. The van der Waals surface area contributed by atoms with E-state index in [4.69, 9.17) is 4.84 Å². The Morgan fingerprint density at radius 3 is 1.62 bits per heavy atom. The Hall–Kier alpha value is -0.570. The number of carbonyl (C=O) groups excluding carboxylic acids is 1. The monoisotopic (exact) mass is 297 g/mol. The largest absolute Gasteiger partial charge is 0.368 e. The van der Waals surface area contributed by atoms with E-state index in [-0.39, 0.29) is 5.97 Å². The normalized spacial score (nSPS) is 14.3. The Morgan fingerprint density at radius 2 is 1.19 bits per heavy atom. The van der Waals surface area contributed by atoms with Crippen LogP contribution in [0.25, 0.3) is 0 Å². The van der Waals surface area contributed by atoms with Gasteiger partial charge in [0.1, 0.15) is 0 Å². The van der Waals surface area contributed by atoms with E-state index in [0.29, 0.717) is 6.42 Å². The van der Waals surface area contributed by atoms with E-state index in [0.717, 1.165) is 19.5 Å². The summed E-state index contributed by atoms with van der Waals surface area (Å²) in [6.45, 7) is 4.11. The summed E-state index contributed by atoms with van der Waals surface area (Å²) in [6, 6.07) is 0. The van der Waals surface area contributed by atoms with Crippen LogP contribution in [0.4, 0.5) is 0 Å². The molecule has 0 saturated carbocycles. The minimum Gasteiger partial charge on any atom is -0.368 e. The second kappa shape index (κ2) is 13.1. The molecule has 0 radical (unpaired) electrons. The zero-order chi connectivity index (χ0) is 15.2. The smallest absolute Gasteiger partial charge is 0.325 e. The standard InChI is InChI=1S/C18H35NO2/c1-2-3-4-5-6-7-8-9-10-11-12-13-14-15-18(20)21-19-16-17-19/h2-17H2,1H3. The summed E-state index contributed by atoms with van der Waals surface area (Å²) in [6.07, 6.45) is 18.0. The molecule has 21 heavy (non-hydrogen) atoms. The predicted molar refractivity (Wildman–Crippen MR) is 88.0 cm³/mol. The van der Waals surface area contributed by atoms with Gasteiger partial charge in [0.2, 0.25) is 0 Å². The highest BCUT2D eigenvalue weighted by atomic mass is 16.7. The second-order valence-electron chi connectivity index (χ2n) is 6.38. The third-order valence-corrected chi connectivity index (χ3v) is 4.12. The van der Waals surface area contributed by atoms with Crippen molar-refractivity contribution in [1.29, 1.82) is 0 Å². The van der Waals surface area contributed by atoms with Crippen LogP contribution in [0.3, 0.4) is 0 Å². The lowest BCUT2D eigenvalue weighted by Gasteiger charge is -2.04. The summed E-state index contributed by atoms with van der Waals surface area (Å²) in [5, 5.41) is 1.71. The van der Waals surface area contributed by atoms with Crippen molar-refractivity contribution >= 4 is 5.97 Å². The molecule has 3 nitrogen and oxygen atoms in total. The first kappa shape index (κ1) is 18.5. The van der Waals surface area contributed by atoms with E-state index >= 15 is 0 Å². The lowest BCUT2D eigenvalue weighted by Crippen LogP contribution is -2.08. The van der Waals surface area contributed by atoms with E-state index in [2.05, 4.69) is 6.92 Å². The second-order valence-corrected chi connectivity index (χ2v) is 6.38. The summed E-state index contributed by atoms with van der Waals surface area (Å²) in [7, 11) is 0. The lowest BCUT2D eigenvalue weighted by atomic mass is 10.0. The Balaban J connectivity index is 1.67. The maximum absolute atomic E-state index is 11.3. The number of hydrogen-bond donors (Lipinski definition) is 0. The summed E-state index contributed by atoms with van der Waals surface area (Å²) in [5.41, 5.74) is 0. The van der Waals surface area contributed by atoms with Gasteiger partial charge < -0.3 is 4.84 Å². The number of rotatable bonds is 15. The summed E-state index contributed by atoms with van der Waals surface area (Å²) in [5.74, 6) is -0.0458. The molecule has 1 fully saturated rings. The fourth-order valence-electron chi connectivity index (χ4n) is 2.61. The van der Waals surface area contributed by atoms with Crippen molar-refractivity contribution in [3.05, 3.63) is 0 Å². The highest BCUT2D eigenvalue weighted by molar-refractivity contribution is 5.69. The first-order chi connectivity index (χ1) is 10.3. The fraction of sp³-hybridized carbons (Fsp3) is 0.944. The van der Waals surface area contributed by atoms with Gasteiger partial charge in [-0.05, 0) is 6.42 Å². The molecule has 0 spiro atoms. The molecule has 3 heteroatoms. The Morgan fingerprint density at radius 1 is 0.762 bits per heavy atom. The quantitative estimate of drug-likeness (QED) is 0.306. The first-order valence-corrected chi connectivity index (χ1v) is 9.28. The Labute approximate surface area is 131 Å². The average molecular weight is 297 g/mol. The third-order valence-electron chi connectivity index (χ3n) is 4.12. The molecule has 1 heterocycles. The average Bonchev–Trinajstić information content (AvgIpc) is 3.28. The van der Waals surface area contributed by atoms with E-state index in [1.165, 1.54) is 77.0 Å². The molecule has 0 aliphatic carbocycles. The van der Waals surface area contributed by atoms with Gasteiger partial charge in [-0.15, -0.1) is 5.06 Å². The van der Waals surface area contributed by atoms with Crippen LogP contribution in [0.2, 0.25) is 0 Å². The van der Waals surface area contributed by atoms with Crippen molar-refractivity contribution in [3.8, 4) is 0 Å². The van der Waals surface area contributed by atoms with Crippen LogP contribution in [-0.2, 0) is 9.63 Å². The van der Waals surface area contributed by atoms with Crippen molar-refractivity contribution in [3.63, 3.8) is 0 Å². The first-order valence-electron chi connectivity index (χ1n) is 9.28. The maximum atomic E-state index is 11.3. The van der Waals surface area contributed by atoms with Crippen LogP contribution in [-0.4, -0.2) is 24.1 Å². The Kier molecular flexibility index (Phi) is 11.5. The topological polar surface area (TPSA) is 29.3 Å². The van der Waals surface area contributed by atoms with Crippen LogP contribution in [0.5, 0.6) is 0 Å². The fourth-order valence-corrected chi connectivity index (χ4v) is 2.61. The zero-order valence-electron chi connectivity index (χ0n) is 14.1. The van der Waals surface area contributed by atoms with Crippen molar-refractivity contribution in [1.82, 2.24) is 5.06 Å². The van der Waals surface area contributed by atoms with E-state index in [1.54, 1.807) is 5.06 Å². The van der Waals surface area contributed by atoms with Gasteiger partial charge in [-0.1, -0.05) is 84.0 Å². The number of unbranched alkanes of at least 4 members (excludes halogenated alkanes) is 12. The van der Waals surface area contributed by atoms with Crippen LogP contribution < -0.4 is 0 Å². The summed E-state index contributed by atoms with van der Waals surface area (Å²) in [4.78, 5) is 16.4. The highest BCUT2D eigenvalue weighted by Crippen LogP contribution is 2.13. The van der Waals surface area contributed by atoms with Crippen LogP contribution >= 0.6 is 0 Å². The van der Waals surface area contributed by atoms with Crippen LogP contribution in [0.15, 0.2) is 0 Å². The Bertz CT molecular complexity index is 252. The SMILES string of the molecule is CCCCCCCCCCCCCCCC(=O)ON1CC1. The minimum atomic E-state index is -0.0458. The van der Waals surface area contributed by atoms with Crippen molar-refractivity contribution in [2.45, 2.75) is 96.8 Å². The van der Waals surface area contributed by atoms with Gasteiger partial charge in [0.25, 0.3) is 0 Å². The molecule has 0 atom stereocenters. The molecule has 0 aromatic carbocycles. The number of nitrogens with zero attached hydrogens (tertiary/aromatic N) is 1. The molecule has 0 unspecified atom stereocenters. The molecule has 0 aromatic heterocycles. The van der Waals surface area contributed by atoms with Gasteiger partial charge in [0, 0.05) is 6.42 Å². The molecule has 1 saturated heterocycles. The molecule has 124 valence electrons. The molecule has 0 N–H and O–H groups in total. The minimum absolute atomic E-state index is 0.0458. The van der Waals surface area contributed by atoms with E-state index in [9.17, 15) is 4.79 Å². The van der Waals surface area contributed by atoms with E-state index in [1.807, 2.05) is 0 Å². The molecule has 0 aromatic rings. The number of carbonyl (C=O) groups is 1. The summed E-state index contributed by atoms with van der Waals surface area (Å²) >= 11 is 0. The predicted octanol–water partition coefficient (Wildman–Crippen LogP) is 5.24. The molecule has 0 amide bonds. The number of hydrogen-bond acceptors (Lipinski definition) is 3. The van der Waals surface area contributed by atoms with Crippen LogP contribution in [0, 0.1) is 0 Å². The third kappa shape index (κ3) is 12.9. The summed E-state index contributed by atoms with van der Waals surface area (Å²) < 4.78 is 0. The van der Waals surface area contributed by atoms with Gasteiger partial charge in [-0.3, -0.25) is 4.79 Å². The van der Waals surface area contributed by atoms with E-state index < -0.39 is 0 Å². The molecule has 0 bridgehead atoms. The van der Waals surface area contributed by atoms with Gasteiger partial charge in [0.15, 0.2) is 0 Å². The van der Waals surface area contributed by atoms with Gasteiger partial charge in [0.05, 0.1) is 13.1 Å². The van der Waals surface area contributed by atoms with Gasteiger partial charge >= 0.3 is 5.97 Å². The molecule has 1 rings (SSSR count). The van der Waals surface area contributed by atoms with Crippen LogP contribution in [0.1, 0.15) is 96.8 Å². The molecular weight excluding hydrogens is 262 g/mol. The van der Waals surface area contributed by atoms with Gasteiger partial charge in [-0.2, -0.15) is 0 Å². The number of hydroxylamine groups is 2. The van der Waals surface area contributed by atoms with Crippen molar-refractivity contribution in [2.24, 2.45) is 0 Å². The highest BCUT2D eigenvalue weighted by Gasteiger charge is 2.21. The van der Waals surface area contributed by atoms with Crippen molar-refractivity contribution < 1.29 is 9.63 Å². The van der Waals surface area contributed by atoms with Crippen molar-refractivity contribution in [2.75, 3.05) is 13.1 Å². The lowest BCUT2D eigenvalue weighted by molar-refractivity contribution is -0.166. The maximum Gasteiger partial charge on any atom is 0.325 e. The molecular formula is C18H35NO2. The molecule has 1 aliphatic heterocycles.